The van der Waals surface area contributed by atoms with Crippen LogP contribution >= 0.6 is 0 Å². The molecule has 1 aliphatic carbocycles. The number of hydrogen-bond donors (Lipinski definition) is 1. The van der Waals surface area contributed by atoms with Crippen LogP contribution in [-0.4, -0.2) is 17.4 Å². The first-order valence-electron chi connectivity index (χ1n) is 6.25. The van der Waals surface area contributed by atoms with Crippen molar-refractivity contribution in [3.63, 3.8) is 0 Å². The highest BCUT2D eigenvalue weighted by atomic mass is 16.1. The maximum Gasteiger partial charge on any atom is 0.154 e. The van der Waals surface area contributed by atoms with Crippen LogP contribution in [0.25, 0.3) is 0 Å². The highest BCUT2D eigenvalue weighted by molar-refractivity contribution is 5.89. The molecule has 0 saturated heterocycles. The van der Waals surface area contributed by atoms with Gasteiger partial charge in [0.25, 0.3) is 0 Å². The summed E-state index contributed by atoms with van der Waals surface area (Å²) in [6, 6.07) is 0.552. The lowest BCUT2D eigenvalue weighted by molar-refractivity contribution is -0.127. The van der Waals surface area contributed by atoms with Crippen molar-refractivity contribution in [3.8, 4) is 0 Å². The van der Waals surface area contributed by atoms with Crippen LogP contribution < -0.4 is 5.32 Å². The molecule has 0 aromatic carbocycles. The second-order valence-electron chi connectivity index (χ2n) is 5.62. The molecule has 1 fully saturated rings. The molecule has 1 saturated carbocycles. The highest BCUT2D eigenvalue weighted by Crippen LogP contribution is 2.21. The van der Waals surface area contributed by atoms with Gasteiger partial charge in [0.05, 0.1) is 5.54 Å². The SMILES string of the molecule is CC(C)C(=O)C(C)(C)NC1CCCCC1.[HH]. The van der Waals surface area contributed by atoms with Crippen LogP contribution in [0.4, 0.5) is 0 Å². The van der Waals surface area contributed by atoms with Gasteiger partial charge in [0.15, 0.2) is 5.78 Å². The average molecular weight is 213 g/mol. The van der Waals surface area contributed by atoms with Crippen molar-refractivity contribution >= 4 is 5.78 Å². The number of rotatable bonds is 4. The normalized spacial score (nSPS) is 19.5. The first-order chi connectivity index (χ1) is 6.93. The second kappa shape index (κ2) is 5.11. The number of carbonyl (C=O) groups excluding carboxylic acids is 1. The monoisotopic (exact) mass is 213 g/mol. The molecule has 1 N–H and O–H groups in total. The molecule has 1 rings (SSSR count). The smallest absolute Gasteiger partial charge is 0.154 e. The molecule has 0 aromatic heterocycles. The van der Waals surface area contributed by atoms with Crippen molar-refractivity contribution < 1.29 is 6.22 Å². The minimum Gasteiger partial charge on any atom is -0.303 e. The molecule has 0 heterocycles. The minimum atomic E-state index is -0.351. The summed E-state index contributed by atoms with van der Waals surface area (Å²) >= 11 is 0. The fourth-order valence-corrected chi connectivity index (χ4v) is 2.55. The van der Waals surface area contributed by atoms with Gasteiger partial charge in [0.1, 0.15) is 0 Å². The first-order valence-corrected chi connectivity index (χ1v) is 6.25. The van der Waals surface area contributed by atoms with Crippen LogP contribution in [0.15, 0.2) is 0 Å². The molecule has 15 heavy (non-hydrogen) atoms. The molecule has 0 aromatic rings. The van der Waals surface area contributed by atoms with Gasteiger partial charge in [-0.3, -0.25) is 4.79 Å². The number of carbonyl (C=O) groups is 1. The number of Topliss-reactive ketones (excluding diaryl/α,β-unsaturated/α-hetero) is 1. The standard InChI is InChI=1S/C13H25NO.H2/c1-10(2)12(15)13(3,4)14-11-8-6-5-7-9-11;/h10-11,14H,5-9H2,1-4H3;1H. The van der Waals surface area contributed by atoms with E-state index in [0.29, 0.717) is 11.8 Å². The maximum atomic E-state index is 12.0. The van der Waals surface area contributed by atoms with Gasteiger partial charge in [-0.25, -0.2) is 0 Å². The van der Waals surface area contributed by atoms with Gasteiger partial charge < -0.3 is 5.32 Å². The van der Waals surface area contributed by atoms with E-state index in [0.717, 1.165) is 0 Å². The number of nitrogens with one attached hydrogen (secondary N) is 1. The Morgan fingerprint density at radius 3 is 2.27 bits per heavy atom. The molecule has 0 unspecified atom stereocenters. The topological polar surface area (TPSA) is 29.1 Å². The first kappa shape index (κ1) is 12.7. The van der Waals surface area contributed by atoms with Crippen molar-refractivity contribution in [1.29, 1.82) is 0 Å². The van der Waals surface area contributed by atoms with Gasteiger partial charge in [-0.1, -0.05) is 33.1 Å². The summed E-state index contributed by atoms with van der Waals surface area (Å²) in [6.07, 6.45) is 6.44. The lowest BCUT2D eigenvalue weighted by atomic mass is 9.87. The second-order valence-corrected chi connectivity index (χ2v) is 5.62. The summed E-state index contributed by atoms with van der Waals surface area (Å²) in [4.78, 5) is 12.0. The predicted octanol–water partition coefficient (Wildman–Crippen LogP) is 3.16. The van der Waals surface area contributed by atoms with E-state index in [1.807, 2.05) is 27.7 Å². The quantitative estimate of drug-likeness (QED) is 0.777. The summed E-state index contributed by atoms with van der Waals surface area (Å²) in [7, 11) is 0. The molecular formula is C13H27NO. The van der Waals surface area contributed by atoms with Gasteiger partial charge in [-0.05, 0) is 26.7 Å². The van der Waals surface area contributed by atoms with E-state index < -0.39 is 0 Å². The van der Waals surface area contributed by atoms with E-state index >= 15 is 0 Å². The van der Waals surface area contributed by atoms with Crippen molar-refractivity contribution in [1.82, 2.24) is 5.32 Å². The summed E-state index contributed by atoms with van der Waals surface area (Å²) in [5.41, 5.74) is -0.351. The van der Waals surface area contributed by atoms with Crippen molar-refractivity contribution in [2.45, 2.75) is 71.4 Å². The van der Waals surface area contributed by atoms with Gasteiger partial charge in [-0.2, -0.15) is 0 Å². The number of ketones is 1. The Kier molecular flexibility index (Phi) is 4.32. The molecule has 0 spiro atoms. The van der Waals surface area contributed by atoms with Crippen LogP contribution in [0.1, 0.15) is 61.2 Å². The minimum absolute atomic E-state index is 0. The van der Waals surface area contributed by atoms with E-state index in [1.54, 1.807) is 0 Å². The summed E-state index contributed by atoms with van der Waals surface area (Å²) in [5, 5.41) is 3.53. The van der Waals surface area contributed by atoms with Crippen LogP contribution in [0.5, 0.6) is 0 Å². The van der Waals surface area contributed by atoms with Crippen molar-refractivity contribution in [2.75, 3.05) is 0 Å². The van der Waals surface area contributed by atoms with E-state index in [4.69, 9.17) is 0 Å². The molecule has 2 heteroatoms. The molecule has 90 valence electrons. The van der Waals surface area contributed by atoms with Crippen LogP contribution in [0.2, 0.25) is 0 Å². The molecular weight excluding hydrogens is 186 g/mol. The van der Waals surface area contributed by atoms with Gasteiger partial charge in [0, 0.05) is 13.4 Å². The van der Waals surface area contributed by atoms with E-state index in [2.05, 4.69) is 5.32 Å². The lowest BCUT2D eigenvalue weighted by Crippen LogP contribution is -2.53. The Bertz CT molecular complexity index is 220. The molecule has 2 nitrogen and oxygen atoms in total. The fourth-order valence-electron chi connectivity index (χ4n) is 2.55. The van der Waals surface area contributed by atoms with Crippen LogP contribution in [0, 0.1) is 5.92 Å². The summed E-state index contributed by atoms with van der Waals surface area (Å²) in [5.74, 6) is 0.448. The molecule has 0 bridgehead atoms. The average Bonchev–Trinajstić information content (AvgIpc) is 2.17. The zero-order valence-electron chi connectivity index (χ0n) is 10.6. The lowest BCUT2D eigenvalue weighted by Gasteiger charge is -2.33. The van der Waals surface area contributed by atoms with Crippen LogP contribution in [0.3, 0.4) is 0 Å². The third-order valence-corrected chi connectivity index (χ3v) is 3.31. The zero-order valence-corrected chi connectivity index (χ0v) is 10.6. The molecule has 0 atom stereocenters. The molecule has 0 radical (unpaired) electrons. The molecule has 0 aliphatic heterocycles. The van der Waals surface area contributed by atoms with E-state index in [9.17, 15) is 4.79 Å². The van der Waals surface area contributed by atoms with E-state index in [-0.39, 0.29) is 12.9 Å². The third kappa shape index (κ3) is 3.60. The van der Waals surface area contributed by atoms with Gasteiger partial charge in [-0.15, -0.1) is 0 Å². The third-order valence-electron chi connectivity index (χ3n) is 3.31. The summed E-state index contributed by atoms with van der Waals surface area (Å²) < 4.78 is 0. The van der Waals surface area contributed by atoms with Crippen molar-refractivity contribution in [3.05, 3.63) is 0 Å². The Morgan fingerprint density at radius 2 is 1.80 bits per heavy atom. The van der Waals surface area contributed by atoms with Crippen LogP contribution in [-0.2, 0) is 4.79 Å². The Hall–Kier alpha value is -0.370. The largest absolute Gasteiger partial charge is 0.303 e. The maximum absolute atomic E-state index is 12.0. The zero-order chi connectivity index (χ0) is 11.5. The molecule has 1 aliphatic rings. The van der Waals surface area contributed by atoms with Crippen molar-refractivity contribution in [2.24, 2.45) is 5.92 Å². The number of hydrogen-bond acceptors (Lipinski definition) is 2. The Labute approximate surface area is 95.3 Å². The van der Waals surface area contributed by atoms with Gasteiger partial charge in [0.2, 0.25) is 0 Å². The van der Waals surface area contributed by atoms with E-state index in [1.165, 1.54) is 32.1 Å². The fraction of sp³-hybridized carbons (Fsp3) is 0.923. The predicted molar refractivity (Wildman–Crippen MR) is 66.0 cm³/mol. The highest BCUT2D eigenvalue weighted by Gasteiger charge is 2.31. The summed E-state index contributed by atoms with van der Waals surface area (Å²) in [6.45, 7) is 7.99. The Morgan fingerprint density at radius 1 is 1.27 bits per heavy atom. The molecule has 0 amide bonds. The Balaban J connectivity index is 0.00000225. The van der Waals surface area contributed by atoms with Gasteiger partial charge >= 0.3 is 0 Å².